The second-order valence-corrected chi connectivity index (χ2v) is 5.95. The lowest BCUT2D eigenvalue weighted by molar-refractivity contribution is 0.0595. The molecule has 2 N–H and O–H groups in total. The van der Waals surface area contributed by atoms with Crippen molar-refractivity contribution in [1.29, 1.82) is 0 Å². The highest BCUT2D eigenvalue weighted by Crippen LogP contribution is 2.32. The summed E-state index contributed by atoms with van der Waals surface area (Å²) >= 11 is 6.11. The minimum atomic E-state index is -0.350. The molecule has 0 aromatic heterocycles. The lowest BCUT2D eigenvalue weighted by Crippen LogP contribution is -2.27. The molecule has 1 aromatic rings. The Morgan fingerprint density at radius 1 is 1.45 bits per heavy atom. The zero-order valence-corrected chi connectivity index (χ0v) is 13.0. The molecule has 0 heterocycles. The van der Waals surface area contributed by atoms with Crippen LogP contribution in [-0.4, -0.2) is 23.9 Å². The average molecular weight is 298 g/mol. The number of benzene rings is 1. The summed E-state index contributed by atoms with van der Waals surface area (Å²) in [6.07, 6.45) is 3.42. The highest BCUT2D eigenvalue weighted by Gasteiger charge is 2.28. The van der Waals surface area contributed by atoms with E-state index in [9.17, 15) is 5.11 Å². The molecular formula is C16H24ClNO2. The fraction of sp³-hybridized carbons (Fsp3) is 0.625. The van der Waals surface area contributed by atoms with Gasteiger partial charge in [-0.05, 0) is 57.4 Å². The second kappa shape index (κ2) is 7.30. The molecule has 1 saturated carbocycles. The first-order valence-corrected chi connectivity index (χ1v) is 7.87. The number of nitrogens with one attached hydrogen (secondary N) is 1. The van der Waals surface area contributed by atoms with Crippen molar-refractivity contribution >= 4 is 11.6 Å². The fourth-order valence-electron chi connectivity index (χ4n) is 2.64. The van der Waals surface area contributed by atoms with E-state index in [1.165, 1.54) is 0 Å². The number of rotatable bonds is 6. The molecular weight excluding hydrogens is 274 g/mol. The van der Waals surface area contributed by atoms with Crippen molar-refractivity contribution in [3.63, 3.8) is 0 Å². The summed E-state index contributed by atoms with van der Waals surface area (Å²) in [5.41, 5.74) is 1.06. The Labute approximate surface area is 126 Å². The van der Waals surface area contributed by atoms with Crippen LogP contribution in [0.4, 0.5) is 0 Å². The highest BCUT2D eigenvalue weighted by atomic mass is 35.5. The number of aliphatic hydroxyl groups excluding tert-OH is 1. The van der Waals surface area contributed by atoms with Crippen LogP contribution in [0.15, 0.2) is 18.2 Å². The lowest BCUT2D eigenvalue weighted by atomic mass is 10.1. The Kier molecular flexibility index (Phi) is 5.70. The zero-order valence-electron chi connectivity index (χ0n) is 12.2. The van der Waals surface area contributed by atoms with Gasteiger partial charge in [-0.2, -0.15) is 0 Å². The fourth-order valence-corrected chi connectivity index (χ4v) is 2.82. The summed E-state index contributed by atoms with van der Waals surface area (Å²) in [7, 11) is 0. The van der Waals surface area contributed by atoms with E-state index in [0.717, 1.165) is 43.5 Å². The number of ether oxygens (including phenoxy) is 1. The van der Waals surface area contributed by atoms with Crippen LogP contribution in [0, 0.1) is 0 Å². The SMILES string of the molecule is CCCNC(C)c1cc(Cl)ccc1OC1CCCC1O. The topological polar surface area (TPSA) is 41.5 Å². The van der Waals surface area contributed by atoms with Crippen molar-refractivity contribution in [3.8, 4) is 5.75 Å². The Morgan fingerprint density at radius 3 is 2.90 bits per heavy atom. The summed E-state index contributed by atoms with van der Waals surface area (Å²) in [4.78, 5) is 0. The predicted octanol–water partition coefficient (Wildman–Crippen LogP) is 3.69. The highest BCUT2D eigenvalue weighted by molar-refractivity contribution is 6.30. The molecule has 0 saturated heterocycles. The van der Waals surface area contributed by atoms with Crippen molar-refractivity contribution in [2.24, 2.45) is 0 Å². The van der Waals surface area contributed by atoms with Crippen molar-refractivity contribution < 1.29 is 9.84 Å². The molecule has 1 aromatic carbocycles. The van der Waals surface area contributed by atoms with E-state index in [1.54, 1.807) is 0 Å². The molecule has 0 bridgehead atoms. The first kappa shape index (κ1) is 15.6. The van der Waals surface area contributed by atoms with Gasteiger partial charge in [0.05, 0.1) is 6.10 Å². The van der Waals surface area contributed by atoms with Crippen LogP contribution in [-0.2, 0) is 0 Å². The molecule has 2 rings (SSSR count). The van der Waals surface area contributed by atoms with Gasteiger partial charge in [0, 0.05) is 16.6 Å². The molecule has 0 amide bonds. The summed E-state index contributed by atoms with van der Waals surface area (Å²) in [5.74, 6) is 0.830. The van der Waals surface area contributed by atoms with Crippen LogP contribution < -0.4 is 10.1 Å². The van der Waals surface area contributed by atoms with Gasteiger partial charge < -0.3 is 15.2 Å². The third-order valence-corrected chi connectivity index (χ3v) is 4.07. The maximum Gasteiger partial charge on any atom is 0.124 e. The Bertz CT molecular complexity index is 438. The largest absolute Gasteiger partial charge is 0.487 e. The molecule has 1 aliphatic rings. The van der Waals surface area contributed by atoms with Gasteiger partial charge in [-0.15, -0.1) is 0 Å². The van der Waals surface area contributed by atoms with Crippen molar-refractivity contribution in [1.82, 2.24) is 5.32 Å². The second-order valence-electron chi connectivity index (χ2n) is 5.51. The average Bonchev–Trinajstić information content (AvgIpc) is 2.83. The van der Waals surface area contributed by atoms with Gasteiger partial charge in [0.2, 0.25) is 0 Å². The van der Waals surface area contributed by atoms with Gasteiger partial charge >= 0.3 is 0 Å². The van der Waals surface area contributed by atoms with Gasteiger partial charge in [-0.3, -0.25) is 0 Å². The van der Waals surface area contributed by atoms with E-state index < -0.39 is 0 Å². The Morgan fingerprint density at radius 2 is 2.25 bits per heavy atom. The summed E-state index contributed by atoms with van der Waals surface area (Å²) in [5, 5.41) is 14.1. The summed E-state index contributed by atoms with van der Waals surface area (Å²) in [6, 6.07) is 5.88. The van der Waals surface area contributed by atoms with Crippen LogP contribution in [0.25, 0.3) is 0 Å². The van der Waals surface area contributed by atoms with Crippen molar-refractivity contribution in [2.45, 2.75) is 57.8 Å². The molecule has 112 valence electrons. The quantitative estimate of drug-likeness (QED) is 0.841. The molecule has 3 nitrogen and oxygen atoms in total. The third-order valence-electron chi connectivity index (χ3n) is 3.83. The van der Waals surface area contributed by atoms with E-state index in [2.05, 4.69) is 19.2 Å². The number of halogens is 1. The lowest BCUT2D eigenvalue weighted by Gasteiger charge is -2.23. The van der Waals surface area contributed by atoms with E-state index in [4.69, 9.17) is 16.3 Å². The molecule has 3 atom stereocenters. The van der Waals surface area contributed by atoms with E-state index in [0.29, 0.717) is 5.02 Å². The zero-order chi connectivity index (χ0) is 14.5. The molecule has 0 radical (unpaired) electrons. The first-order valence-electron chi connectivity index (χ1n) is 7.49. The van der Waals surface area contributed by atoms with E-state index >= 15 is 0 Å². The van der Waals surface area contributed by atoms with E-state index in [1.807, 2.05) is 18.2 Å². The summed E-state index contributed by atoms with van der Waals surface area (Å²) < 4.78 is 6.03. The molecule has 0 spiro atoms. The van der Waals surface area contributed by atoms with Crippen molar-refractivity contribution in [3.05, 3.63) is 28.8 Å². The van der Waals surface area contributed by atoms with Gasteiger partial charge in [-0.25, -0.2) is 0 Å². The standard InChI is InChI=1S/C16H24ClNO2/c1-3-9-18-11(2)13-10-12(17)7-8-15(13)20-16-6-4-5-14(16)19/h7-8,10-11,14,16,18-19H,3-6,9H2,1-2H3. The summed E-state index contributed by atoms with van der Waals surface area (Å²) in [6.45, 7) is 5.21. The third kappa shape index (κ3) is 3.87. The van der Waals surface area contributed by atoms with Crippen molar-refractivity contribution in [2.75, 3.05) is 6.54 Å². The monoisotopic (exact) mass is 297 g/mol. The molecule has 4 heteroatoms. The van der Waals surface area contributed by atoms with Gasteiger partial charge in [-0.1, -0.05) is 18.5 Å². The van der Waals surface area contributed by atoms with Gasteiger partial charge in [0.25, 0.3) is 0 Å². The maximum atomic E-state index is 9.91. The molecule has 20 heavy (non-hydrogen) atoms. The first-order chi connectivity index (χ1) is 9.61. The minimum Gasteiger partial charge on any atom is -0.487 e. The molecule has 0 aliphatic heterocycles. The number of hydrogen-bond donors (Lipinski definition) is 2. The van der Waals surface area contributed by atoms with E-state index in [-0.39, 0.29) is 18.2 Å². The van der Waals surface area contributed by atoms with Crippen LogP contribution in [0.5, 0.6) is 5.75 Å². The molecule has 1 fully saturated rings. The number of hydrogen-bond acceptors (Lipinski definition) is 3. The predicted molar refractivity (Wildman–Crippen MR) is 82.4 cm³/mol. The molecule has 1 aliphatic carbocycles. The minimum absolute atomic E-state index is 0.0895. The smallest absolute Gasteiger partial charge is 0.124 e. The Balaban J connectivity index is 2.14. The van der Waals surface area contributed by atoms with Crippen LogP contribution in [0.2, 0.25) is 5.02 Å². The maximum absolute atomic E-state index is 9.91. The van der Waals surface area contributed by atoms with Gasteiger partial charge in [0.1, 0.15) is 11.9 Å². The van der Waals surface area contributed by atoms with Gasteiger partial charge in [0.15, 0.2) is 0 Å². The Hall–Kier alpha value is -0.770. The normalized spacial score (nSPS) is 23.8. The molecule has 3 unspecified atom stereocenters. The number of aliphatic hydroxyl groups is 1. The van der Waals surface area contributed by atoms with Crippen LogP contribution >= 0.6 is 11.6 Å². The van der Waals surface area contributed by atoms with Crippen LogP contribution in [0.3, 0.4) is 0 Å². The van der Waals surface area contributed by atoms with Crippen LogP contribution in [0.1, 0.15) is 51.1 Å².